The van der Waals surface area contributed by atoms with Crippen LogP contribution in [-0.2, 0) is 14.3 Å². The first kappa shape index (κ1) is 23.2. The fourth-order valence-corrected chi connectivity index (χ4v) is 2.97. The number of alkyl halides is 3. The Morgan fingerprint density at radius 3 is 2.41 bits per heavy atom. The zero-order chi connectivity index (χ0) is 23.5. The maximum Gasteiger partial charge on any atom is 0.419 e. The minimum Gasteiger partial charge on any atom is -0.491 e. The number of hydrogen-bond acceptors (Lipinski definition) is 8. The molecular weight excluding hydrogens is 431 g/mol. The minimum absolute atomic E-state index is 0.0604. The van der Waals surface area contributed by atoms with Crippen molar-refractivity contribution in [2.75, 3.05) is 33.5 Å². The molecule has 172 valence electrons. The van der Waals surface area contributed by atoms with Crippen molar-refractivity contribution < 1.29 is 37.0 Å². The third-order valence-electron chi connectivity index (χ3n) is 4.62. The molecule has 1 saturated heterocycles. The van der Waals surface area contributed by atoms with E-state index in [1.807, 2.05) is 6.08 Å². The molecule has 11 heteroatoms. The molecule has 1 aromatic rings. The molecule has 0 saturated carbocycles. The summed E-state index contributed by atoms with van der Waals surface area (Å²) in [6.45, 7) is -0.134. The molecule has 0 spiro atoms. The van der Waals surface area contributed by atoms with Crippen LogP contribution in [-0.4, -0.2) is 51.4 Å². The number of ketones is 1. The van der Waals surface area contributed by atoms with Crippen molar-refractivity contribution in [3.8, 4) is 5.75 Å². The number of hydrogen-bond donors (Lipinski definition) is 3. The number of nitrogens with two attached hydrogens (primary N) is 2. The predicted octanol–water partition coefficient (Wildman–Crippen LogP) is 1.77. The quantitative estimate of drug-likeness (QED) is 0.160. The van der Waals surface area contributed by atoms with E-state index in [1.54, 1.807) is 19.2 Å². The summed E-state index contributed by atoms with van der Waals surface area (Å²) in [6, 6.07) is 4.76. The van der Waals surface area contributed by atoms with Gasteiger partial charge in [0.1, 0.15) is 23.8 Å². The predicted molar refractivity (Wildman–Crippen MR) is 108 cm³/mol. The van der Waals surface area contributed by atoms with Crippen molar-refractivity contribution in [2.24, 2.45) is 11.5 Å². The van der Waals surface area contributed by atoms with Gasteiger partial charge >= 0.3 is 12.1 Å². The first-order chi connectivity index (χ1) is 15.1. The Bertz CT molecular complexity index is 1020. The third-order valence-corrected chi connectivity index (χ3v) is 4.62. The molecule has 1 heterocycles. The van der Waals surface area contributed by atoms with Gasteiger partial charge in [-0.25, -0.2) is 4.79 Å². The van der Waals surface area contributed by atoms with Gasteiger partial charge < -0.3 is 31.0 Å². The average molecular weight is 453 g/mol. The van der Waals surface area contributed by atoms with Gasteiger partial charge in [-0.1, -0.05) is 6.08 Å². The topological polar surface area (TPSA) is 136 Å². The number of ether oxygens (including phenoxy) is 3. The Labute approximate surface area is 181 Å². The Balaban J connectivity index is 1.74. The first-order valence-corrected chi connectivity index (χ1v) is 9.58. The molecule has 0 amide bonds. The summed E-state index contributed by atoms with van der Waals surface area (Å²) in [5, 5.41) is 2.39. The Morgan fingerprint density at radius 2 is 1.88 bits per heavy atom. The SMILES string of the molecule is COCCOc1ccc(C(=O)COC(=O)C(=C(N)N)/C(=C2\CN2)C(F)(F)F)c(C2=CC2)c1. The van der Waals surface area contributed by atoms with E-state index in [0.717, 1.165) is 5.57 Å². The van der Waals surface area contributed by atoms with E-state index >= 15 is 0 Å². The molecule has 1 aromatic carbocycles. The number of esters is 1. The van der Waals surface area contributed by atoms with Crippen LogP contribution in [0.4, 0.5) is 13.2 Å². The number of Topliss-reactive ketones (excluding diaryl/α,β-unsaturated/α-hetero) is 1. The highest BCUT2D eigenvalue weighted by molar-refractivity contribution is 6.04. The Hall–Kier alpha value is -3.47. The van der Waals surface area contributed by atoms with Gasteiger partial charge in [-0.05, 0) is 35.8 Å². The molecule has 0 aromatic heterocycles. The summed E-state index contributed by atoms with van der Waals surface area (Å²) in [5.41, 5.74) is 9.91. The normalized spacial score (nSPS) is 15.8. The van der Waals surface area contributed by atoms with E-state index in [0.29, 0.717) is 30.9 Å². The van der Waals surface area contributed by atoms with Crippen molar-refractivity contribution in [2.45, 2.75) is 12.6 Å². The molecule has 1 aliphatic carbocycles. The second-order valence-electron chi connectivity index (χ2n) is 7.02. The third kappa shape index (κ3) is 5.61. The summed E-state index contributed by atoms with van der Waals surface area (Å²) in [5.74, 6) is -2.35. The van der Waals surface area contributed by atoms with Crippen LogP contribution in [0.15, 0.2) is 46.9 Å². The van der Waals surface area contributed by atoms with E-state index in [-0.39, 0.29) is 17.8 Å². The molecule has 5 N–H and O–H groups in total. The van der Waals surface area contributed by atoms with Crippen molar-refractivity contribution in [1.82, 2.24) is 5.32 Å². The molecule has 3 rings (SSSR count). The van der Waals surface area contributed by atoms with Crippen LogP contribution in [0.3, 0.4) is 0 Å². The number of carbonyl (C=O) groups is 2. The zero-order valence-electron chi connectivity index (χ0n) is 17.2. The Kier molecular flexibility index (Phi) is 6.78. The smallest absolute Gasteiger partial charge is 0.419 e. The van der Waals surface area contributed by atoms with Gasteiger partial charge in [-0.2, -0.15) is 13.2 Å². The Morgan fingerprint density at radius 1 is 1.19 bits per heavy atom. The number of carbonyl (C=O) groups excluding carboxylic acids is 2. The molecule has 0 radical (unpaired) electrons. The average Bonchev–Trinajstić information content (AvgIpc) is 3.62. The van der Waals surface area contributed by atoms with E-state index < -0.39 is 41.5 Å². The van der Waals surface area contributed by atoms with E-state index in [9.17, 15) is 22.8 Å². The maximum absolute atomic E-state index is 13.4. The number of halogens is 3. The molecule has 0 atom stereocenters. The highest BCUT2D eigenvalue weighted by Crippen LogP contribution is 2.37. The van der Waals surface area contributed by atoms with E-state index in [4.69, 9.17) is 25.7 Å². The van der Waals surface area contributed by atoms with Crippen molar-refractivity contribution in [1.29, 1.82) is 0 Å². The molecule has 32 heavy (non-hydrogen) atoms. The molecule has 2 aliphatic rings. The fraction of sp³-hybridized carbons (Fsp3) is 0.333. The van der Waals surface area contributed by atoms with Crippen LogP contribution in [0.5, 0.6) is 5.75 Å². The highest BCUT2D eigenvalue weighted by atomic mass is 19.4. The summed E-state index contributed by atoms with van der Waals surface area (Å²) in [4.78, 5) is 25.1. The lowest BCUT2D eigenvalue weighted by Gasteiger charge is -2.15. The first-order valence-electron chi connectivity index (χ1n) is 9.58. The van der Waals surface area contributed by atoms with Gasteiger partial charge in [0, 0.05) is 18.4 Å². The largest absolute Gasteiger partial charge is 0.491 e. The molecule has 0 unspecified atom stereocenters. The monoisotopic (exact) mass is 453 g/mol. The van der Waals surface area contributed by atoms with Gasteiger partial charge in [-0.15, -0.1) is 0 Å². The van der Waals surface area contributed by atoms with Gasteiger partial charge in [0.15, 0.2) is 6.61 Å². The lowest BCUT2D eigenvalue weighted by Crippen LogP contribution is -2.28. The maximum atomic E-state index is 13.4. The van der Waals surface area contributed by atoms with Gasteiger partial charge in [0.05, 0.1) is 18.7 Å². The zero-order valence-corrected chi connectivity index (χ0v) is 17.2. The van der Waals surface area contributed by atoms with Crippen LogP contribution in [0, 0.1) is 0 Å². The summed E-state index contributed by atoms with van der Waals surface area (Å²) in [7, 11) is 1.54. The van der Waals surface area contributed by atoms with Crippen LogP contribution >= 0.6 is 0 Å². The summed E-state index contributed by atoms with van der Waals surface area (Å²) in [6.07, 6.45) is -2.30. The summed E-state index contributed by atoms with van der Waals surface area (Å²) < 4.78 is 55.5. The van der Waals surface area contributed by atoms with E-state index in [2.05, 4.69) is 5.32 Å². The lowest BCUT2D eigenvalue weighted by molar-refractivity contribution is -0.139. The van der Waals surface area contributed by atoms with Gasteiger partial charge in [-0.3, -0.25) is 4.79 Å². The second kappa shape index (κ2) is 9.35. The van der Waals surface area contributed by atoms with Crippen LogP contribution in [0.1, 0.15) is 22.3 Å². The van der Waals surface area contributed by atoms with Crippen molar-refractivity contribution in [3.05, 3.63) is 58.1 Å². The van der Waals surface area contributed by atoms with Crippen LogP contribution in [0.25, 0.3) is 5.57 Å². The molecule has 1 aliphatic heterocycles. The second-order valence-corrected chi connectivity index (χ2v) is 7.02. The standard InChI is InChI=1S/C21H22F3N3O5/c1-30-6-7-31-12-4-5-13(14(8-12)11-2-3-11)16(28)10-32-20(29)17(19(25)26)18(15-9-27-15)21(22,23)24/h2,4-5,8,27H,3,6-7,9-10,25-26H2,1H3/b18-15-. The summed E-state index contributed by atoms with van der Waals surface area (Å²) >= 11 is 0. The molecule has 8 nitrogen and oxygen atoms in total. The number of rotatable bonds is 10. The molecule has 1 fully saturated rings. The molecule has 0 bridgehead atoms. The number of methoxy groups -OCH3 is 1. The minimum atomic E-state index is -4.88. The molecular formula is C21H22F3N3O5. The van der Waals surface area contributed by atoms with E-state index in [1.165, 1.54) is 6.07 Å². The fourth-order valence-electron chi connectivity index (χ4n) is 2.97. The number of allylic oxidation sites excluding steroid dienone is 2. The van der Waals surface area contributed by atoms with Crippen LogP contribution < -0.4 is 21.5 Å². The van der Waals surface area contributed by atoms with Gasteiger partial charge in [0.25, 0.3) is 0 Å². The van der Waals surface area contributed by atoms with Crippen molar-refractivity contribution in [3.63, 3.8) is 0 Å². The van der Waals surface area contributed by atoms with Gasteiger partial charge in [0.2, 0.25) is 5.78 Å². The van der Waals surface area contributed by atoms with Crippen LogP contribution in [0.2, 0.25) is 0 Å². The number of benzene rings is 1. The number of nitrogens with one attached hydrogen (secondary N) is 1. The van der Waals surface area contributed by atoms with Crippen molar-refractivity contribution >= 4 is 17.3 Å². The highest BCUT2D eigenvalue weighted by Gasteiger charge is 2.45. The lowest BCUT2D eigenvalue weighted by atomic mass is 10.0.